The molecule has 1 saturated heterocycles. The first kappa shape index (κ1) is 15.8. The number of hydrogen-bond acceptors (Lipinski definition) is 3. The topological polar surface area (TPSA) is 44.4 Å². The summed E-state index contributed by atoms with van der Waals surface area (Å²) in [6, 6.07) is 5.15. The monoisotopic (exact) mass is 293 g/mol. The molecule has 2 rings (SSSR count). The van der Waals surface area contributed by atoms with E-state index < -0.39 is 0 Å². The van der Waals surface area contributed by atoms with E-state index in [9.17, 15) is 9.18 Å². The summed E-state index contributed by atoms with van der Waals surface area (Å²) < 4.78 is 14.2. The van der Waals surface area contributed by atoms with E-state index in [1.807, 2.05) is 6.07 Å². The number of amides is 1. The smallest absolute Gasteiger partial charge is 0.221 e. The minimum atomic E-state index is -0.201. The van der Waals surface area contributed by atoms with Gasteiger partial charge in [-0.2, -0.15) is 0 Å². The van der Waals surface area contributed by atoms with Crippen molar-refractivity contribution in [1.82, 2.24) is 10.6 Å². The van der Waals surface area contributed by atoms with Crippen molar-refractivity contribution in [2.45, 2.75) is 39.3 Å². The van der Waals surface area contributed by atoms with Crippen LogP contribution in [0.15, 0.2) is 18.2 Å². The lowest BCUT2D eigenvalue weighted by atomic mass is 10.1. The summed E-state index contributed by atoms with van der Waals surface area (Å²) in [5.41, 5.74) is 1.47. The summed E-state index contributed by atoms with van der Waals surface area (Å²) >= 11 is 0. The number of anilines is 1. The first-order chi connectivity index (χ1) is 9.87. The van der Waals surface area contributed by atoms with Gasteiger partial charge in [-0.05, 0) is 32.9 Å². The van der Waals surface area contributed by atoms with Gasteiger partial charge in [0.2, 0.25) is 5.91 Å². The second-order valence-corrected chi connectivity index (χ2v) is 6.43. The van der Waals surface area contributed by atoms with Gasteiger partial charge in [0, 0.05) is 49.4 Å². The van der Waals surface area contributed by atoms with Gasteiger partial charge in [-0.15, -0.1) is 0 Å². The number of nitrogens with zero attached hydrogens (tertiary/aromatic N) is 1. The number of hydrogen-bond donors (Lipinski definition) is 2. The highest BCUT2D eigenvalue weighted by atomic mass is 19.1. The number of halogens is 1. The zero-order valence-electron chi connectivity index (χ0n) is 13.0. The van der Waals surface area contributed by atoms with Crippen LogP contribution in [0.2, 0.25) is 0 Å². The Balaban J connectivity index is 2.22. The van der Waals surface area contributed by atoms with Crippen LogP contribution in [0.1, 0.15) is 32.8 Å². The van der Waals surface area contributed by atoms with Gasteiger partial charge in [0.1, 0.15) is 5.82 Å². The third-order valence-electron chi connectivity index (χ3n) is 3.54. The molecule has 116 valence electrons. The average Bonchev–Trinajstić information content (AvgIpc) is 2.61. The van der Waals surface area contributed by atoms with Gasteiger partial charge in [-0.3, -0.25) is 4.79 Å². The molecule has 1 aromatic rings. The van der Waals surface area contributed by atoms with Crippen LogP contribution in [-0.2, 0) is 11.3 Å². The SMILES string of the molecule is CC(C)(C)NCc1c(F)cccc1N1CCNC(=O)CC1. The molecule has 0 saturated carbocycles. The van der Waals surface area contributed by atoms with E-state index in [-0.39, 0.29) is 17.3 Å². The van der Waals surface area contributed by atoms with Crippen molar-refractivity contribution in [3.8, 4) is 0 Å². The zero-order valence-corrected chi connectivity index (χ0v) is 13.0. The number of nitrogens with one attached hydrogen (secondary N) is 2. The lowest BCUT2D eigenvalue weighted by Gasteiger charge is -2.27. The van der Waals surface area contributed by atoms with Crippen molar-refractivity contribution >= 4 is 11.6 Å². The second-order valence-electron chi connectivity index (χ2n) is 6.43. The molecule has 0 unspecified atom stereocenters. The molecule has 2 N–H and O–H groups in total. The van der Waals surface area contributed by atoms with Crippen molar-refractivity contribution in [3.05, 3.63) is 29.6 Å². The maximum Gasteiger partial charge on any atom is 0.221 e. The van der Waals surface area contributed by atoms with E-state index in [4.69, 9.17) is 0 Å². The molecule has 21 heavy (non-hydrogen) atoms. The number of carbonyl (C=O) groups excluding carboxylic acids is 1. The lowest BCUT2D eigenvalue weighted by molar-refractivity contribution is -0.120. The highest BCUT2D eigenvalue weighted by molar-refractivity contribution is 5.77. The van der Waals surface area contributed by atoms with E-state index in [2.05, 4.69) is 36.3 Å². The second kappa shape index (κ2) is 6.43. The fourth-order valence-corrected chi connectivity index (χ4v) is 2.38. The fraction of sp³-hybridized carbons (Fsp3) is 0.562. The van der Waals surface area contributed by atoms with Crippen LogP contribution < -0.4 is 15.5 Å². The maximum atomic E-state index is 14.2. The van der Waals surface area contributed by atoms with Crippen molar-refractivity contribution in [2.75, 3.05) is 24.5 Å². The van der Waals surface area contributed by atoms with E-state index in [1.165, 1.54) is 6.07 Å². The summed E-state index contributed by atoms with van der Waals surface area (Å²) in [7, 11) is 0. The third kappa shape index (κ3) is 4.43. The average molecular weight is 293 g/mol. The standard InChI is InChI=1S/C16H24FN3O/c1-16(2,3)19-11-12-13(17)5-4-6-14(12)20-9-7-15(21)18-8-10-20/h4-6,19H,7-11H2,1-3H3,(H,18,21). The molecule has 1 fully saturated rings. The lowest BCUT2D eigenvalue weighted by Crippen LogP contribution is -2.36. The summed E-state index contributed by atoms with van der Waals surface area (Å²) in [5, 5.41) is 6.18. The van der Waals surface area contributed by atoms with Crippen LogP contribution in [0.5, 0.6) is 0 Å². The molecule has 1 aliphatic rings. The van der Waals surface area contributed by atoms with Gasteiger partial charge in [0.05, 0.1) is 0 Å². The Morgan fingerprint density at radius 2 is 2.10 bits per heavy atom. The largest absolute Gasteiger partial charge is 0.369 e. The van der Waals surface area contributed by atoms with Crippen molar-refractivity contribution in [3.63, 3.8) is 0 Å². The molecule has 0 aromatic heterocycles. The molecule has 1 heterocycles. The Bertz CT molecular complexity index is 511. The predicted octanol–water partition coefficient (Wildman–Crippen LogP) is 2.04. The minimum absolute atomic E-state index is 0.0586. The Morgan fingerprint density at radius 3 is 2.81 bits per heavy atom. The molecule has 0 radical (unpaired) electrons. The normalized spacial score (nSPS) is 16.6. The molecule has 1 aliphatic heterocycles. The van der Waals surface area contributed by atoms with E-state index in [0.29, 0.717) is 38.2 Å². The molecule has 0 atom stereocenters. The molecular weight excluding hydrogens is 269 g/mol. The molecule has 1 amide bonds. The highest BCUT2D eigenvalue weighted by Gasteiger charge is 2.19. The third-order valence-corrected chi connectivity index (χ3v) is 3.54. The van der Waals surface area contributed by atoms with Gasteiger partial charge in [-0.25, -0.2) is 4.39 Å². The molecule has 0 spiro atoms. The molecule has 4 nitrogen and oxygen atoms in total. The van der Waals surface area contributed by atoms with Crippen molar-refractivity contribution in [1.29, 1.82) is 0 Å². The quantitative estimate of drug-likeness (QED) is 0.896. The number of benzene rings is 1. The van der Waals surface area contributed by atoms with E-state index in [0.717, 1.165) is 5.69 Å². The van der Waals surface area contributed by atoms with Crippen LogP contribution in [0.3, 0.4) is 0 Å². The summed E-state index contributed by atoms with van der Waals surface area (Å²) in [4.78, 5) is 13.5. The molecular formula is C16H24FN3O. The van der Waals surface area contributed by atoms with Gasteiger partial charge in [0.25, 0.3) is 0 Å². The summed E-state index contributed by atoms with van der Waals surface area (Å²) in [6.07, 6.45) is 0.447. The Labute approximate surface area is 125 Å². The van der Waals surface area contributed by atoms with Crippen LogP contribution in [0.25, 0.3) is 0 Å². The van der Waals surface area contributed by atoms with Crippen LogP contribution in [0, 0.1) is 5.82 Å². The zero-order chi connectivity index (χ0) is 15.5. The Morgan fingerprint density at radius 1 is 1.33 bits per heavy atom. The number of rotatable bonds is 3. The highest BCUT2D eigenvalue weighted by Crippen LogP contribution is 2.24. The van der Waals surface area contributed by atoms with Crippen molar-refractivity contribution < 1.29 is 9.18 Å². The fourth-order valence-electron chi connectivity index (χ4n) is 2.38. The van der Waals surface area contributed by atoms with Gasteiger partial charge >= 0.3 is 0 Å². The first-order valence-electron chi connectivity index (χ1n) is 7.41. The van der Waals surface area contributed by atoms with Gasteiger partial charge in [-0.1, -0.05) is 6.07 Å². The van der Waals surface area contributed by atoms with E-state index >= 15 is 0 Å². The Hall–Kier alpha value is -1.62. The Kier molecular flexibility index (Phi) is 4.83. The van der Waals surface area contributed by atoms with Crippen molar-refractivity contribution in [2.24, 2.45) is 0 Å². The molecule has 1 aromatic carbocycles. The van der Waals surface area contributed by atoms with Gasteiger partial charge < -0.3 is 15.5 Å². The molecule has 0 aliphatic carbocycles. The van der Waals surface area contributed by atoms with Crippen LogP contribution in [-0.4, -0.2) is 31.1 Å². The maximum absolute atomic E-state index is 14.2. The van der Waals surface area contributed by atoms with E-state index in [1.54, 1.807) is 6.07 Å². The molecule has 5 heteroatoms. The predicted molar refractivity (Wildman–Crippen MR) is 82.8 cm³/mol. The summed E-state index contributed by atoms with van der Waals surface area (Å²) in [5.74, 6) is -0.143. The van der Waals surface area contributed by atoms with Crippen LogP contribution in [0.4, 0.5) is 10.1 Å². The van der Waals surface area contributed by atoms with Gasteiger partial charge in [0.15, 0.2) is 0 Å². The van der Waals surface area contributed by atoms with Crippen LogP contribution >= 0.6 is 0 Å². The minimum Gasteiger partial charge on any atom is -0.369 e. The first-order valence-corrected chi connectivity index (χ1v) is 7.41. The summed E-state index contributed by atoms with van der Waals surface area (Å²) in [6.45, 7) is 8.58. The molecule has 0 bridgehead atoms. The number of carbonyl (C=O) groups is 1.